The molecule has 0 unspecified atom stereocenters. The molecule has 0 radical (unpaired) electrons. The molecule has 3 aromatic rings. The van der Waals surface area contributed by atoms with Crippen molar-refractivity contribution in [3.63, 3.8) is 0 Å². The smallest absolute Gasteiger partial charge is 0.332 e. The van der Waals surface area contributed by atoms with Gasteiger partial charge in [0.25, 0.3) is 5.56 Å². The van der Waals surface area contributed by atoms with E-state index in [9.17, 15) is 14.7 Å². The van der Waals surface area contributed by atoms with Gasteiger partial charge in [-0.2, -0.15) is 4.98 Å². The van der Waals surface area contributed by atoms with Crippen molar-refractivity contribution in [2.75, 3.05) is 12.4 Å². The quantitative estimate of drug-likeness (QED) is 0.631. The summed E-state index contributed by atoms with van der Waals surface area (Å²) in [6.45, 7) is 0.0737. The van der Waals surface area contributed by atoms with Crippen LogP contribution in [0.25, 0.3) is 11.2 Å². The van der Waals surface area contributed by atoms with E-state index in [0.717, 1.165) is 19.3 Å². The van der Waals surface area contributed by atoms with Crippen molar-refractivity contribution in [1.82, 2.24) is 18.7 Å². The summed E-state index contributed by atoms with van der Waals surface area (Å²) in [7, 11) is 4.82. The van der Waals surface area contributed by atoms with Crippen LogP contribution in [0, 0.1) is 0 Å². The number of hydrogen-bond acceptors (Lipinski definition) is 6. The normalized spacial score (nSPS) is 18.8. The number of nitrogens with one attached hydrogen (secondary N) is 1. The summed E-state index contributed by atoms with van der Waals surface area (Å²) in [6.07, 6.45) is 2.03. The summed E-state index contributed by atoms with van der Waals surface area (Å²) in [5, 5.41) is 13.8. The van der Waals surface area contributed by atoms with Crippen molar-refractivity contribution in [3.8, 4) is 5.75 Å². The summed E-state index contributed by atoms with van der Waals surface area (Å²) < 4.78 is 9.40. The van der Waals surface area contributed by atoms with E-state index < -0.39 is 17.4 Å². The minimum atomic E-state index is -0.466. The molecular formula is C20H24ClN5O4. The van der Waals surface area contributed by atoms with Crippen LogP contribution in [0.5, 0.6) is 5.75 Å². The fourth-order valence-electron chi connectivity index (χ4n) is 3.97. The van der Waals surface area contributed by atoms with Gasteiger partial charge in [-0.3, -0.25) is 13.9 Å². The lowest BCUT2D eigenvalue weighted by atomic mass is 10.2. The zero-order valence-corrected chi connectivity index (χ0v) is 17.8. The number of fused-ring (bicyclic) bond motifs is 1. The molecule has 2 aromatic heterocycles. The molecule has 10 heteroatoms. The third-order valence-corrected chi connectivity index (χ3v) is 6.02. The van der Waals surface area contributed by atoms with Gasteiger partial charge in [-0.1, -0.05) is 17.7 Å². The fraction of sp³-hybridized carbons (Fsp3) is 0.450. The zero-order chi connectivity index (χ0) is 21.6. The number of aliphatic hydroxyl groups is 1. The Morgan fingerprint density at radius 2 is 2.03 bits per heavy atom. The van der Waals surface area contributed by atoms with Crippen LogP contribution >= 0.6 is 11.6 Å². The monoisotopic (exact) mass is 433 g/mol. The first-order valence-electron chi connectivity index (χ1n) is 9.75. The number of rotatable bonds is 5. The molecule has 1 fully saturated rings. The Balaban J connectivity index is 1.79. The summed E-state index contributed by atoms with van der Waals surface area (Å²) in [6, 6.07) is 5.00. The number of aryl methyl sites for hydroxylation is 2. The Bertz CT molecular complexity index is 1230. The molecule has 30 heavy (non-hydrogen) atoms. The van der Waals surface area contributed by atoms with Gasteiger partial charge in [0.15, 0.2) is 11.2 Å². The van der Waals surface area contributed by atoms with E-state index in [4.69, 9.17) is 16.3 Å². The number of ether oxygens (including phenoxy) is 1. The van der Waals surface area contributed by atoms with Gasteiger partial charge in [-0.05, 0) is 37.0 Å². The van der Waals surface area contributed by atoms with Gasteiger partial charge >= 0.3 is 5.69 Å². The van der Waals surface area contributed by atoms with E-state index in [1.807, 2.05) is 0 Å². The Kier molecular flexibility index (Phi) is 5.33. The largest absolute Gasteiger partial charge is 0.495 e. The molecule has 0 spiro atoms. The van der Waals surface area contributed by atoms with E-state index >= 15 is 0 Å². The summed E-state index contributed by atoms with van der Waals surface area (Å²) >= 11 is 6.07. The van der Waals surface area contributed by atoms with Crippen molar-refractivity contribution < 1.29 is 9.84 Å². The Labute approximate surface area is 177 Å². The molecule has 1 aliphatic rings. The Morgan fingerprint density at radius 3 is 2.70 bits per heavy atom. The third kappa shape index (κ3) is 3.37. The molecule has 160 valence electrons. The fourth-order valence-corrected chi connectivity index (χ4v) is 4.17. The van der Waals surface area contributed by atoms with Crippen molar-refractivity contribution in [2.24, 2.45) is 14.1 Å². The zero-order valence-electron chi connectivity index (χ0n) is 17.1. The number of methoxy groups -OCH3 is 1. The highest BCUT2D eigenvalue weighted by molar-refractivity contribution is 6.32. The van der Waals surface area contributed by atoms with E-state index in [-0.39, 0.29) is 12.6 Å². The first-order chi connectivity index (χ1) is 14.3. The van der Waals surface area contributed by atoms with Gasteiger partial charge in [-0.15, -0.1) is 0 Å². The van der Waals surface area contributed by atoms with E-state index in [2.05, 4.69) is 10.3 Å². The number of halogens is 1. The molecule has 2 N–H and O–H groups in total. The van der Waals surface area contributed by atoms with Crippen LogP contribution in [0.4, 0.5) is 5.95 Å². The molecule has 1 aromatic carbocycles. The molecule has 4 rings (SSSR count). The molecule has 9 nitrogen and oxygen atoms in total. The lowest BCUT2D eigenvalue weighted by Crippen LogP contribution is -2.39. The number of aromatic nitrogens is 4. The first-order valence-corrected chi connectivity index (χ1v) is 10.1. The molecule has 0 bridgehead atoms. The van der Waals surface area contributed by atoms with Gasteiger partial charge in [0.05, 0.1) is 30.8 Å². The van der Waals surface area contributed by atoms with Crippen molar-refractivity contribution in [1.29, 1.82) is 0 Å². The third-order valence-electron chi connectivity index (χ3n) is 5.71. The highest BCUT2D eigenvalue weighted by Gasteiger charge is 2.27. The van der Waals surface area contributed by atoms with Gasteiger partial charge in [0.1, 0.15) is 5.75 Å². The van der Waals surface area contributed by atoms with Crippen LogP contribution in [0.2, 0.25) is 5.02 Å². The van der Waals surface area contributed by atoms with Crippen LogP contribution in [0.1, 0.15) is 24.8 Å². The standard InChI is InChI=1S/C20H24ClN5O4/c1-24-16-17(23-19(24)22-13-5-4-6-14(13)27)25(2)20(29)26(18(16)28)10-11-7-8-12(21)15(9-11)30-3/h7-9,13-14,27H,4-6,10H2,1-3H3,(H,22,23)/t13-,14-/m1/s1. The maximum absolute atomic E-state index is 13.2. The summed E-state index contributed by atoms with van der Waals surface area (Å²) in [5.74, 6) is 0.927. The van der Waals surface area contributed by atoms with Crippen LogP contribution in [0.15, 0.2) is 27.8 Å². The van der Waals surface area contributed by atoms with Gasteiger partial charge < -0.3 is 19.7 Å². The van der Waals surface area contributed by atoms with Crippen molar-refractivity contribution in [3.05, 3.63) is 49.6 Å². The second-order valence-electron chi connectivity index (χ2n) is 7.62. The van der Waals surface area contributed by atoms with Gasteiger partial charge in [0, 0.05) is 14.1 Å². The lowest BCUT2D eigenvalue weighted by Gasteiger charge is -2.16. The van der Waals surface area contributed by atoms with Crippen LogP contribution in [-0.4, -0.2) is 43.0 Å². The molecule has 2 heterocycles. The predicted molar refractivity (Wildman–Crippen MR) is 115 cm³/mol. The van der Waals surface area contributed by atoms with Crippen LogP contribution in [-0.2, 0) is 20.6 Å². The maximum Gasteiger partial charge on any atom is 0.332 e. The number of aliphatic hydroxyl groups excluding tert-OH is 1. The van der Waals surface area contributed by atoms with E-state index in [1.54, 1.807) is 36.9 Å². The lowest BCUT2D eigenvalue weighted by molar-refractivity contribution is 0.171. The number of imidazole rings is 1. The number of anilines is 1. The van der Waals surface area contributed by atoms with Crippen molar-refractivity contribution >= 4 is 28.7 Å². The molecular weight excluding hydrogens is 410 g/mol. The minimum Gasteiger partial charge on any atom is -0.495 e. The second kappa shape index (κ2) is 7.81. The van der Waals surface area contributed by atoms with E-state index in [0.29, 0.717) is 33.4 Å². The topological polar surface area (TPSA) is 103 Å². The highest BCUT2D eigenvalue weighted by atomic mass is 35.5. The molecule has 0 amide bonds. The first kappa shape index (κ1) is 20.5. The number of benzene rings is 1. The Hall–Kier alpha value is -2.78. The molecule has 2 atom stereocenters. The highest BCUT2D eigenvalue weighted by Crippen LogP contribution is 2.26. The second-order valence-corrected chi connectivity index (χ2v) is 8.02. The molecule has 0 saturated heterocycles. The SMILES string of the molecule is COc1cc(Cn2c(=O)c3c(nc(N[C@@H]4CCC[C@H]4O)n3C)n(C)c2=O)ccc1Cl. The van der Waals surface area contributed by atoms with Gasteiger partial charge in [-0.25, -0.2) is 4.79 Å². The maximum atomic E-state index is 13.2. The molecule has 1 aliphatic carbocycles. The van der Waals surface area contributed by atoms with Gasteiger partial charge in [0.2, 0.25) is 5.95 Å². The van der Waals surface area contributed by atoms with Crippen LogP contribution < -0.4 is 21.3 Å². The van der Waals surface area contributed by atoms with Crippen LogP contribution in [0.3, 0.4) is 0 Å². The molecule has 1 saturated carbocycles. The average molecular weight is 434 g/mol. The number of nitrogens with zero attached hydrogens (tertiary/aromatic N) is 4. The average Bonchev–Trinajstić information content (AvgIpc) is 3.28. The molecule has 0 aliphatic heterocycles. The summed E-state index contributed by atoms with van der Waals surface area (Å²) in [5.41, 5.74) is 0.425. The van der Waals surface area contributed by atoms with Crippen molar-refractivity contribution in [2.45, 2.75) is 38.0 Å². The number of hydrogen-bond donors (Lipinski definition) is 2. The Morgan fingerprint density at radius 1 is 1.27 bits per heavy atom. The summed E-state index contributed by atoms with van der Waals surface area (Å²) in [4.78, 5) is 30.6. The predicted octanol–water partition coefficient (Wildman–Crippen LogP) is 1.47. The van der Waals surface area contributed by atoms with E-state index in [1.165, 1.54) is 16.2 Å². The minimum absolute atomic E-state index is 0.0737.